The summed E-state index contributed by atoms with van der Waals surface area (Å²) in [6.45, 7) is -0.345. The molecule has 0 saturated heterocycles. The van der Waals surface area contributed by atoms with Crippen molar-refractivity contribution in [3.63, 3.8) is 0 Å². The normalized spacial score (nSPS) is 9.60. The number of rotatable bonds is 4. The van der Waals surface area contributed by atoms with E-state index >= 15 is 0 Å². The Morgan fingerprint density at radius 2 is 2.20 bits per heavy atom. The van der Waals surface area contributed by atoms with Crippen LogP contribution in [-0.4, -0.2) is 27.7 Å². The summed E-state index contributed by atoms with van der Waals surface area (Å²) in [7, 11) is 0. The van der Waals surface area contributed by atoms with Crippen molar-refractivity contribution in [2.45, 2.75) is 0 Å². The Bertz CT molecular complexity index is 404. The molecule has 3 N–H and O–H groups in total. The van der Waals surface area contributed by atoms with E-state index in [9.17, 15) is 14.9 Å². The van der Waals surface area contributed by atoms with Gasteiger partial charge in [-0.25, -0.2) is 0 Å². The fourth-order valence-corrected chi connectivity index (χ4v) is 0.957. The number of benzene rings is 1. The minimum Gasteiger partial charge on any atom is -0.502 e. The molecule has 0 aliphatic carbocycles. The van der Waals surface area contributed by atoms with Crippen molar-refractivity contribution in [2.75, 3.05) is 11.9 Å². The third kappa shape index (κ3) is 2.83. The van der Waals surface area contributed by atoms with Crippen molar-refractivity contribution in [2.24, 2.45) is 0 Å². The molecule has 0 aliphatic heterocycles. The van der Waals surface area contributed by atoms with Gasteiger partial charge in [0.05, 0.1) is 4.92 Å². The van der Waals surface area contributed by atoms with Gasteiger partial charge >= 0.3 is 11.7 Å². The predicted molar refractivity (Wildman–Crippen MR) is 50.9 cm³/mol. The van der Waals surface area contributed by atoms with Gasteiger partial charge in [0.15, 0.2) is 5.75 Å². The number of carboxylic acid groups (broad SMARTS) is 1. The second-order valence-corrected chi connectivity index (χ2v) is 2.71. The smallest absolute Gasteiger partial charge is 0.322 e. The number of phenolic OH excluding ortho intramolecular Hbond substituents is 1. The van der Waals surface area contributed by atoms with E-state index < -0.39 is 22.3 Å². The van der Waals surface area contributed by atoms with Gasteiger partial charge in [-0.2, -0.15) is 0 Å². The lowest BCUT2D eigenvalue weighted by Gasteiger charge is -2.03. The van der Waals surface area contributed by atoms with Crippen LogP contribution in [0, 0.1) is 10.1 Å². The first kappa shape index (κ1) is 10.8. The second kappa shape index (κ2) is 4.27. The number of nitrogens with zero attached hydrogens (tertiary/aromatic N) is 1. The molecule has 0 aromatic heterocycles. The number of hydrogen-bond acceptors (Lipinski definition) is 5. The van der Waals surface area contributed by atoms with Crippen molar-refractivity contribution < 1.29 is 19.9 Å². The molecule has 0 amide bonds. The number of nitro groups is 1. The first-order chi connectivity index (χ1) is 7.00. The zero-order valence-corrected chi connectivity index (χ0v) is 7.51. The maximum Gasteiger partial charge on any atom is 0.322 e. The van der Waals surface area contributed by atoms with Crippen LogP contribution in [0.15, 0.2) is 18.2 Å². The first-order valence-electron chi connectivity index (χ1n) is 3.94. The number of aromatic hydroxyl groups is 1. The molecule has 0 bridgehead atoms. The highest BCUT2D eigenvalue weighted by Crippen LogP contribution is 2.28. The van der Waals surface area contributed by atoms with Crippen molar-refractivity contribution in [3.05, 3.63) is 28.3 Å². The number of nitro benzene ring substituents is 1. The number of carboxylic acids is 1. The van der Waals surface area contributed by atoms with Crippen LogP contribution in [0.4, 0.5) is 11.4 Å². The average molecular weight is 212 g/mol. The number of nitrogens with one attached hydrogen (secondary N) is 1. The fraction of sp³-hybridized carbons (Fsp3) is 0.125. The van der Waals surface area contributed by atoms with E-state index in [4.69, 9.17) is 10.2 Å². The maximum absolute atomic E-state index is 10.4. The zero-order chi connectivity index (χ0) is 11.4. The molecule has 0 fully saturated rings. The van der Waals surface area contributed by atoms with Crippen LogP contribution in [0.25, 0.3) is 0 Å². The minimum absolute atomic E-state index is 0.266. The molecule has 7 heteroatoms. The van der Waals surface area contributed by atoms with E-state index in [1.807, 2.05) is 0 Å². The third-order valence-corrected chi connectivity index (χ3v) is 1.62. The monoisotopic (exact) mass is 212 g/mol. The van der Waals surface area contributed by atoms with Crippen molar-refractivity contribution in [1.82, 2.24) is 0 Å². The molecule has 7 nitrogen and oxygen atoms in total. The molecular formula is C8H8N2O5. The lowest BCUT2D eigenvalue weighted by Crippen LogP contribution is -2.12. The van der Waals surface area contributed by atoms with Crippen molar-refractivity contribution >= 4 is 17.3 Å². The highest BCUT2D eigenvalue weighted by Gasteiger charge is 2.13. The second-order valence-electron chi connectivity index (χ2n) is 2.71. The van der Waals surface area contributed by atoms with E-state index in [0.29, 0.717) is 0 Å². The molecule has 0 spiro atoms. The van der Waals surface area contributed by atoms with Gasteiger partial charge in [0.2, 0.25) is 0 Å². The molecule has 1 aromatic carbocycles. The topological polar surface area (TPSA) is 113 Å². The molecule has 15 heavy (non-hydrogen) atoms. The average Bonchev–Trinajstić information content (AvgIpc) is 2.16. The summed E-state index contributed by atoms with van der Waals surface area (Å²) >= 11 is 0. The molecule has 0 atom stereocenters. The van der Waals surface area contributed by atoms with Crippen LogP contribution in [0.2, 0.25) is 0 Å². The molecule has 80 valence electrons. The molecule has 0 saturated carbocycles. The predicted octanol–water partition coefficient (Wildman–Crippen LogP) is 0.797. The quantitative estimate of drug-likeness (QED) is 0.386. The Morgan fingerprint density at radius 3 is 2.73 bits per heavy atom. The molecule has 0 unspecified atom stereocenters. The molecular weight excluding hydrogens is 204 g/mol. The standard InChI is InChI=1S/C8H8N2O5/c11-7-2-1-5(9-4-8(12)13)3-6(7)10(14)15/h1-3,9,11H,4H2,(H,12,13). The lowest BCUT2D eigenvalue weighted by atomic mass is 10.2. The van der Waals surface area contributed by atoms with Gasteiger partial charge < -0.3 is 15.5 Å². The Kier molecular flexibility index (Phi) is 3.06. The number of anilines is 1. The minimum atomic E-state index is -1.08. The number of aliphatic carboxylic acids is 1. The molecule has 1 rings (SSSR count). The fourth-order valence-electron chi connectivity index (χ4n) is 0.957. The van der Waals surface area contributed by atoms with Crippen LogP contribution in [0.1, 0.15) is 0 Å². The summed E-state index contributed by atoms with van der Waals surface area (Å²) in [5.41, 5.74) is -0.202. The highest BCUT2D eigenvalue weighted by atomic mass is 16.6. The van der Waals surface area contributed by atoms with E-state index in [-0.39, 0.29) is 12.2 Å². The van der Waals surface area contributed by atoms with Gasteiger partial charge in [0.25, 0.3) is 0 Å². The Hall–Kier alpha value is -2.31. The summed E-state index contributed by atoms with van der Waals surface area (Å²) in [5, 5.41) is 30.3. The molecule has 0 heterocycles. The molecule has 0 aliphatic rings. The molecule has 0 radical (unpaired) electrons. The Morgan fingerprint density at radius 1 is 1.53 bits per heavy atom. The van der Waals surface area contributed by atoms with Crippen LogP contribution >= 0.6 is 0 Å². The van der Waals surface area contributed by atoms with Crippen LogP contribution in [0.3, 0.4) is 0 Å². The lowest BCUT2D eigenvalue weighted by molar-refractivity contribution is -0.385. The van der Waals surface area contributed by atoms with Gasteiger partial charge in [-0.15, -0.1) is 0 Å². The third-order valence-electron chi connectivity index (χ3n) is 1.62. The van der Waals surface area contributed by atoms with Gasteiger partial charge in [-0.1, -0.05) is 0 Å². The highest BCUT2D eigenvalue weighted by molar-refractivity contribution is 5.73. The van der Waals surface area contributed by atoms with E-state index in [0.717, 1.165) is 12.1 Å². The van der Waals surface area contributed by atoms with E-state index in [1.54, 1.807) is 0 Å². The Labute approximate surface area is 84.1 Å². The number of carbonyl (C=O) groups is 1. The van der Waals surface area contributed by atoms with Crippen LogP contribution in [-0.2, 0) is 4.79 Å². The van der Waals surface area contributed by atoms with Gasteiger partial charge in [0.1, 0.15) is 6.54 Å². The number of hydrogen-bond donors (Lipinski definition) is 3. The van der Waals surface area contributed by atoms with Crippen molar-refractivity contribution in [1.29, 1.82) is 0 Å². The molecule has 1 aromatic rings. The zero-order valence-electron chi connectivity index (χ0n) is 7.51. The van der Waals surface area contributed by atoms with Crippen LogP contribution < -0.4 is 5.32 Å². The van der Waals surface area contributed by atoms with Crippen molar-refractivity contribution in [3.8, 4) is 5.75 Å². The summed E-state index contributed by atoms with van der Waals surface area (Å²) in [6, 6.07) is 3.55. The van der Waals surface area contributed by atoms with E-state index in [2.05, 4.69) is 5.32 Å². The summed E-state index contributed by atoms with van der Waals surface area (Å²) in [6.07, 6.45) is 0. The van der Waals surface area contributed by atoms with E-state index in [1.165, 1.54) is 6.07 Å². The summed E-state index contributed by atoms with van der Waals surface area (Å²) in [4.78, 5) is 19.9. The summed E-state index contributed by atoms with van der Waals surface area (Å²) < 4.78 is 0. The summed E-state index contributed by atoms with van der Waals surface area (Å²) in [5.74, 6) is -1.54. The van der Waals surface area contributed by atoms with Gasteiger partial charge in [0, 0.05) is 11.8 Å². The van der Waals surface area contributed by atoms with Crippen LogP contribution in [0.5, 0.6) is 5.75 Å². The maximum atomic E-state index is 10.4. The Balaban J connectivity index is 2.87. The largest absolute Gasteiger partial charge is 0.502 e. The first-order valence-corrected chi connectivity index (χ1v) is 3.94. The van der Waals surface area contributed by atoms with Gasteiger partial charge in [-0.05, 0) is 12.1 Å². The number of phenols is 1. The van der Waals surface area contributed by atoms with Gasteiger partial charge in [-0.3, -0.25) is 14.9 Å². The SMILES string of the molecule is O=C(O)CNc1ccc(O)c([N+](=O)[O-])c1.